The number of carboxylic acids is 1. The molecule has 0 saturated heterocycles. The van der Waals surface area contributed by atoms with E-state index in [1.165, 1.54) is 0 Å². The molecule has 82 valence electrons. The van der Waals surface area contributed by atoms with Gasteiger partial charge in [0.2, 0.25) is 0 Å². The first-order chi connectivity index (χ1) is 6.05. The van der Waals surface area contributed by atoms with E-state index in [0.717, 1.165) is 0 Å². The number of hydrogen-bond donors (Lipinski definition) is 0. The summed E-state index contributed by atoms with van der Waals surface area (Å²) in [6.07, 6.45) is -3.95. The van der Waals surface area contributed by atoms with Crippen LogP contribution in [0.15, 0.2) is 12.2 Å². The van der Waals surface area contributed by atoms with Gasteiger partial charge in [-0.05, 0) is 19.4 Å². The lowest BCUT2D eigenvalue weighted by Crippen LogP contribution is -2.47. The molecule has 0 bridgehead atoms. The largest absolute Gasteiger partial charge is 0.545 e. The van der Waals surface area contributed by atoms with E-state index >= 15 is 0 Å². The summed E-state index contributed by atoms with van der Waals surface area (Å²) in [5.74, 6) is -6.42. The topological polar surface area (TPSA) is 40.1 Å². The van der Waals surface area contributed by atoms with Crippen LogP contribution in [0.5, 0.6) is 0 Å². The van der Waals surface area contributed by atoms with Crippen LogP contribution in [0.25, 0.3) is 0 Å². The number of halogens is 4. The lowest BCUT2D eigenvalue weighted by molar-refractivity contribution is -0.303. The Morgan fingerprint density at radius 2 is 1.71 bits per heavy atom. The minimum absolute atomic E-state index is 0.678. The molecule has 0 aromatic carbocycles. The van der Waals surface area contributed by atoms with Crippen LogP contribution in [-0.2, 0) is 4.79 Å². The average molecular weight is 213 g/mol. The Morgan fingerprint density at radius 1 is 1.36 bits per heavy atom. The Kier molecular flexibility index (Phi) is 3.31. The van der Waals surface area contributed by atoms with Crippen LogP contribution in [0.2, 0.25) is 0 Å². The summed E-state index contributed by atoms with van der Waals surface area (Å²) in [5.41, 5.74) is -3.59. The fraction of sp³-hybridized carbons (Fsp3) is 0.625. The van der Waals surface area contributed by atoms with Gasteiger partial charge in [-0.2, -0.15) is 8.78 Å². The smallest absolute Gasteiger partial charge is 0.316 e. The first-order valence-corrected chi connectivity index (χ1v) is 3.61. The highest BCUT2D eigenvalue weighted by Crippen LogP contribution is 2.45. The highest BCUT2D eigenvalue weighted by molar-refractivity contribution is 5.85. The van der Waals surface area contributed by atoms with E-state index in [2.05, 4.69) is 6.58 Å². The number of hydrogen-bond acceptors (Lipinski definition) is 2. The van der Waals surface area contributed by atoms with Crippen LogP contribution in [0.4, 0.5) is 17.6 Å². The van der Waals surface area contributed by atoms with Crippen LogP contribution < -0.4 is 5.11 Å². The van der Waals surface area contributed by atoms with Gasteiger partial charge in [0.25, 0.3) is 0 Å². The quantitative estimate of drug-likeness (QED) is 0.520. The predicted molar refractivity (Wildman–Crippen MR) is 38.9 cm³/mol. The molecule has 0 unspecified atom stereocenters. The second-order valence-electron chi connectivity index (χ2n) is 3.31. The second-order valence-corrected chi connectivity index (χ2v) is 3.31. The van der Waals surface area contributed by atoms with Gasteiger partial charge < -0.3 is 9.90 Å². The van der Waals surface area contributed by atoms with E-state index < -0.39 is 29.3 Å². The zero-order chi connectivity index (χ0) is 11.7. The summed E-state index contributed by atoms with van der Waals surface area (Å²) in [4.78, 5) is 10.2. The van der Waals surface area contributed by atoms with Crippen molar-refractivity contribution in [2.75, 3.05) is 0 Å². The number of rotatable bonds is 4. The lowest BCUT2D eigenvalue weighted by atomic mass is 9.79. The summed E-state index contributed by atoms with van der Waals surface area (Å²) in [6, 6.07) is 0. The number of carboxylic acid groups (broad SMARTS) is 1. The van der Waals surface area contributed by atoms with Gasteiger partial charge in [-0.1, -0.05) is 6.58 Å². The third-order valence-corrected chi connectivity index (χ3v) is 2.11. The molecule has 0 atom stereocenters. The van der Waals surface area contributed by atoms with Crippen molar-refractivity contribution in [3.63, 3.8) is 0 Å². The Hall–Kier alpha value is -1.07. The Bertz CT molecular complexity index is 258. The van der Waals surface area contributed by atoms with Crippen molar-refractivity contribution in [2.45, 2.75) is 26.2 Å². The van der Waals surface area contributed by atoms with Crippen molar-refractivity contribution in [3.8, 4) is 0 Å². The van der Waals surface area contributed by atoms with Crippen molar-refractivity contribution in [3.05, 3.63) is 12.2 Å². The molecule has 0 radical (unpaired) electrons. The number of alkyl halides is 4. The monoisotopic (exact) mass is 213 g/mol. The van der Waals surface area contributed by atoms with Crippen LogP contribution in [0, 0.1) is 5.41 Å². The average Bonchev–Trinajstić information content (AvgIpc) is 2.01. The maximum atomic E-state index is 12.8. The van der Waals surface area contributed by atoms with Gasteiger partial charge in [0, 0.05) is 0 Å². The first-order valence-electron chi connectivity index (χ1n) is 3.61. The Labute approximate surface area is 78.2 Å². The van der Waals surface area contributed by atoms with Gasteiger partial charge in [-0.3, -0.25) is 0 Å². The molecule has 0 rings (SSSR count). The predicted octanol–water partition coefficient (Wildman–Crippen LogP) is 1.22. The van der Waals surface area contributed by atoms with E-state index in [1.807, 2.05) is 0 Å². The van der Waals surface area contributed by atoms with Crippen molar-refractivity contribution >= 4 is 5.97 Å². The molecule has 0 aromatic rings. The molecule has 0 heterocycles. The molecule has 0 aliphatic carbocycles. The number of aliphatic carboxylic acids is 1. The lowest BCUT2D eigenvalue weighted by Gasteiger charge is -2.35. The maximum absolute atomic E-state index is 12.8. The molecule has 0 aliphatic rings. The summed E-state index contributed by atoms with van der Waals surface area (Å²) in [7, 11) is 0. The molecule has 6 heteroatoms. The van der Waals surface area contributed by atoms with Gasteiger partial charge in [0.15, 0.2) is 0 Å². The molecule has 0 aromatic heterocycles. The fourth-order valence-electron chi connectivity index (χ4n) is 0.729. The molecule has 0 saturated carbocycles. The summed E-state index contributed by atoms with van der Waals surface area (Å²) >= 11 is 0. The number of carbonyl (C=O) groups is 1. The first kappa shape index (κ1) is 12.9. The minimum atomic E-state index is -4.45. The molecule has 0 aliphatic heterocycles. The van der Waals surface area contributed by atoms with E-state index in [0.29, 0.717) is 13.8 Å². The van der Waals surface area contributed by atoms with E-state index in [1.54, 1.807) is 0 Å². The summed E-state index contributed by atoms with van der Waals surface area (Å²) in [6.45, 7) is 4.15. The zero-order valence-corrected chi connectivity index (χ0v) is 7.61. The minimum Gasteiger partial charge on any atom is -0.545 e. The van der Waals surface area contributed by atoms with E-state index in [9.17, 15) is 27.5 Å². The van der Waals surface area contributed by atoms with Gasteiger partial charge >= 0.3 is 12.3 Å². The van der Waals surface area contributed by atoms with Crippen LogP contribution in [0.3, 0.4) is 0 Å². The molecule has 0 N–H and O–H groups in total. The van der Waals surface area contributed by atoms with E-state index in [-0.39, 0.29) is 0 Å². The SMILES string of the molecule is C=C(C(=O)[O-])C(C)(C)C(F)(F)C(F)F. The highest BCUT2D eigenvalue weighted by atomic mass is 19.3. The van der Waals surface area contributed by atoms with Gasteiger partial charge in [-0.25, -0.2) is 8.78 Å². The highest BCUT2D eigenvalue weighted by Gasteiger charge is 2.55. The standard InChI is InChI=1S/C8H10F4O2/c1-4(5(13)14)7(2,3)8(11,12)6(9)10/h6H,1H2,2-3H3,(H,13,14)/p-1. The number of carbonyl (C=O) groups excluding carboxylic acids is 1. The Morgan fingerprint density at radius 3 is 1.93 bits per heavy atom. The van der Waals surface area contributed by atoms with Crippen LogP contribution >= 0.6 is 0 Å². The van der Waals surface area contributed by atoms with Gasteiger partial charge in [-0.15, -0.1) is 0 Å². The fourth-order valence-corrected chi connectivity index (χ4v) is 0.729. The maximum Gasteiger partial charge on any atom is 0.316 e. The summed E-state index contributed by atoms with van der Waals surface area (Å²) in [5, 5.41) is 10.2. The van der Waals surface area contributed by atoms with Crippen LogP contribution in [0.1, 0.15) is 13.8 Å². The molecule has 14 heavy (non-hydrogen) atoms. The van der Waals surface area contributed by atoms with Gasteiger partial charge in [0.1, 0.15) is 0 Å². The zero-order valence-electron chi connectivity index (χ0n) is 7.61. The molecule has 2 nitrogen and oxygen atoms in total. The second kappa shape index (κ2) is 3.59. The van der Waals surface area contributed by atoms with Crippen molar-refractivity contribution in [1.29, 1.82) is 0 Å². The van der Waals surface area contributed by atoms with E-state index in [4.69, 9.17) is 0 Å². The Balaban J connectivity index is 5.14. The molecule has 0 spiro atoms. The third-order valence-electron chi connectivity index (χ3n) is 2.11. The molecule has 0 fully saturated rings. The van der Waals surface area contributed by atoms with Crippen molar-refractivity contribution in [1.82, 2.24) is 0 Å². The summed E-state index contributed by atoms with van der Waals surface area (Å²) < 4.78 is 49.5. The van der Waals surface area contributed by atoms with Crippen LogP contribution in [-0.4, -0.2) is 18.3 Å². The van der Waals surface area contributed by atoms with Crippen molar-refractivity contribution < 1.29 is 27.5 Å². The molecular formula is C8H9F4O2-. The van der Waals surface area contributed by atoms with Crippen molar-refractivity contribution in [2.24, 2.45) is 5.41 Å². The van der Waals surface area contributed by atoms with Gasteiger partial charge in [0.05, 0.1) is 11.4 Å². The third kappa shape index (κ3) is 1.88. The molecule has 0 amide bonds. The normalized spacial score (nSPS) is 13.1. The molecular weight excluding hydrogens is 204 g/mol.